The third-order valence-corrected chi connectivity index (χ3v) is 6.98. The number of thiazole rings is 1. The van der Waals surface area contributed by atoms with E-state index in [-0.39, 0.29) is 6.42 Å². The predicted octanol–water partition coefficient (Wildman–Crippen LogP) is 5.99. The van der Waals surface area contributed by atoms with Crippen LogP contribution in [-0.4, -0.2) is 25.8 Å². The first-order valence-corrected chi connectivity index (χ1v) is 12.4. The van der Waals surface area contributed by atoms with E-state index in [1.165, 1.54) is 0 Å². The van der Waals surface area contributed by atoms with Crippen molar-refractivity contribution in [2.75, 3.05) is 0 Å². The molecule has 2 aromatic carbocycles. The van der Waals surface area contributed by atoms with E-state index in [0.717, 1.165) is 38.1 Å². The summed E-state index contributed by atoms with van der Waals surface area (Å²) in [6.07, 6.45) is 1.77. The highest BCUT2D eigenvalue weighted by Crippen LogP contribution is 2.28. The van der Waals surface area contributed by atoms with Gasteiger partial charge in [0.05, 0.1) is 23.5 Å². The summed E-state index contributed by atoms with van der Waals surface area (Å²) in [5, 5.41) is 18.9. The van der Waals surface area contributed by atoms with E-state index >= 15 is 0 Å². The van der Waals surface area contributed by atoms with Crippen molar-refractivity contribution in [1.29, 1.82) is 0 Å². The maximum atomic E-state index is 11.3. The Morgan fingerprint density at radius 3 is 2.56 bits per heavy atom. The first-order valence-electron chi connectivity index (χ1n) is 10.7. The minimum absolute atomic E-state index is 0.0530. The molecule has 6 nitrogen and oxygen atoms in total. The second kappa shape index (κ2) is 10.0. The largest absolute Gasteiger partial charge is 0.487 e. The van der Waals surface area contributed by atoms with E-state index in [9.17, 15) is 9.90 Å². The summed E-state index contributed by atoms with van der Waals surface area (Å²) in [6, 6.07) is 21.9. The molecule has 3 aromatic heterocycles. The third-order valence-electron chi connectivity index (χ3n) is 5.16. The summed E-state index contributed by atoms with van der Waals surface area (Å²) in [5.41, 5.74) is 4.50. The Balaban J connectivity index is 1.23. The minimum atomic E-state index is -0.866. The van der Waals surface area contributed by atoms with Crippen LogP contribution in [0.1, 0.15) is 16.8 Å². The van der Waals surface area contributed by atoms with Gasteiger partial charge in [0.1, 0.15) is 23.1 Å². The number of aliphatic carboxylic acids is 1. The molecule has 0 spiro atoms. The van der Waals surface area contributed by atoms with Crippen molar-refractivity contribution < 1.29 is 14.6 Å². The SMILES string of the molecule is O=C(O)Cc1cn(Cc2ccc(OCc3csc(-c4ccccc4)n3)cc2)nc1-c1cccs1. The van der Waals surface area contributed by atoms with E-state index in [0.29, 0.717) is 18.7 Å². The van der Waals surface area contributed by atoms with Crippen LogP contribution in [-0.2, 0) is 24.4 Å². The van der Waals surface area contributed by atoms with Gasteiger partial charge in [0.25, 0.3) is 0 Å². The molecule has 0 atom stereocenters. The monoisotopic (exact) mass is 487 g/mol. The zero-order valence-corrected chi connectivity index (χ0v) is 19.8. The summed E-state index contributed by atoms with van der Waals surface area (Å²) in [4.78, 5) is 16.9. The highest BCUT2D eigenvalue weighted by Gasteiger charge is 2.15. The van der Waals surface area contributed by atoms with Gasteiger partial charge >= 0.3 is 5.97 Å². The Labute approximate surface area is 204 Å². The van der Waals surface area contributed by atoms with Gasteiger partial charge in [-0.05, 0) is 29.1 Å². The van der Waals surface area contributed by atoms with Gasteiger partial charge < -0.3 is 9.84 Å². The summed E-state index contributed by atoms with van der Waals surface area (Å²) in [5.74, 6) is -0.0980. The third kappa shape index (κ3) is 5.24. The normalized spacial score (nSPS) is 10.9. The van der Waals surface area contributed by atoms with Crippen LogP contribution in [0.2, 0.25) is 0 Å². The number of aromatic nitrogens is 3. The quantitative estimate of drug-likeness (QED) is 0.276. The minimum Gasteiger partial charge on any atom is -0.487 e. The van der Waals surface area contributed by atoms with Crippen LogP contribution in [0.5, 0.6) is 5.75 Å². The number of nitrogens with zero attached hydrogens (tertiary/aromatic N) is 3. The van der Waals surface area contributed by atoms with Crippen LogP contribution in [0.4, 0.5) is 0 Å². The van der Waals surface area contributed by atoms with Crippen molar-refractivity contribution in [2.45, 2.75) is 19.6 Å². The number of ether oxygens (including phenoxy) is 1. The highest BCUT2D eigenvalue weighted by molar-refractivity contribution is 7.13. The molecule has 5 rings (SSSR count). The summed E-state index contributed by atoms with van der Waals surface area (Å²) < 4.78 is 7.72. The molecule has 0 aliphatic heterocycles. The van der Waals surface area contributed by atoms with E-state index in [2.05, 4.69) is 22.2 Å². The lowest BCUT2D eigenvalue weighted by Gasteiger charge is -2.06. The lowest BCUT2D eigenvalue weighted by atomic mass is 10.1. The lowest BCUT2D eigenvalue weighted by molar-refractivity contribution is -0.136. The molecule has 0 fully saturated rings. The number of carbonyl (C=O) groups is 1. The van der Waals surface area contributed by atoms with Gasteiger partial charge in [-0.15, -0.1) is 22.7 Å². The number of hydrogen-bond acceptors (Lipinski definition) is 6. The zero-order valence-electron chi connectivity index (χ0n) is 18.1. The van der Waals surface area contributed by atoms with Crippen LogP contribution in [0.3, 0.4) is 0 Å². The van der Waals surface area contributed by atoms with E-state index < -0.39 is 5.97 Å². The molecule has 1 N–H and O–H groups in total. The molecular weight excluding hydrogens is 466 g/mol. The number of rotatable bonds is 9. The lowest BCUT2D eigenvalue weighted by Crippen LogP contribution is -2.01. The van der Waals surface area contributed by atoms with Crippen molar-refractivity contribution >= 4 is 28.6 Å². The molecule has 5 aromatic rings. The number of benzene rings is 2. The molecule has 8 heteroatoms. The van der Waals surface area contributed by atoms with Crippen molar-refractivity contribution in [3.05, 3.63) is 101 Å². The number of carboxylic acids is 1. The molecule has 0 bridgehead atoms. The standard InChI is InChI=1S/C26H21N3O3S2/c30-24(31)13-20-15-29(28-25(20)23-7-4-12-33-23)14-18-8-10-22(11-9-18)32-16-21-17-34-26(27-21)19-5-2-1-3-6-19/h1-12,15,17H,13-14,16H2,(H,30,31). The molecule has 0 saturated heterocycles. The second-order valence-corrected chi connectivity index (χ2v) is 9.50. The Morgan fingerprint density at radius 2 is 1.82 bits per heavy atom. The topological polar surface area (TPSA) is 77.2 Å². The van der Waals surface area contributed by atoms with Gasteiger partial charge in [0.2, 0.25) is 0 Å². The maximum absolute atomic E-state index is 11.3. The van der Waals surface area contributed by atoms with Crippen molar-refractivity contribution in [3.63, 3.8) is 0 Å². The fourth-order valence-corrected chi connectivity index (χ4v) is 5.13. The fourth-order valence-electron chi connectivity index (χ4n) is 3.58. The number of carboxylic acid groups (broad SMARTS) is 1. The fraction of sp³-hybridized carbons (Fsp3) is 0.115. The van der Waals surface area contributed by atoms with Crippen LogP contribution >= 0.6 is 22.7 Å². The molecular formula is C26H21N3O3S2. The summed E-state index contributed by atoms with van der Waals surface area (Å²) in [7, 11) is 0. The van der Waals surface area contributed by atoms with Crippen molar-refractivity contribution in [3.8, 4) is 26.9 Å². The van der Waals surface area contributed by atoms with Crippen LogP contribution in [0, 0.1) is 0 Å². The van der Waals surface area contributed by atoms with E-state index in [1.807, 2.05) is 71.6 Å². The van der Waals surface area contributed by atoms with Gasteiger partial charge in [-0.2, -0.15) is 5.10 Å². The molecule has 170 valence electrons. The highest BCUT2D eigenvalue weighted by atomic mass is 32.1. The first kappa shape index (κ1) is 22.1. The zero-order chi connectivity index (χ0) is 23.3. The molecule has 3 heterocycles. The second-order valence-electron chi connectivity index (χ2n) is 7.69. The average molecular weight is 488 g/mol. The van der Waals surface area contributed by atoms with Crippen molar-refractivity contribution in [2.24, 2.45) is 0 Å². The molecule has 0 amide bonds. The summed E-state index contributed by atoms with van der Waals surface area (Å²) in [6.45, 7) is 0.954. The molecule has 0 unspecified atom stereocenters. The molecule has 0 saturated carbocycles. The molecule has 0 aliphatic rings. The molecule has 0 radical (unpaired) electrons. The summed E-state index contributed by atoms with van der Waals surface area (Å²) >= 11 is 3.16. The Kier molecular flexibility index (Phi) is 6.51. The van der Waals surface area contributed by atoms with Crippen LogP contribution in [0.15, 0.2) is 83.7 Å². The van der Waals surface area contributed by atoms with E-state index in [1.54, 1.807) is 27.4 Å². The molecule has 34 heavy (non-hydrogen) atoms. The smallest absolute Gasteiger partial charge is 0.307 e. The van der Waals surface area contributed by atoms with Crippen LogP contribution < -0.4 is 4.74 Å². The van der Waals surface area contributed by atoms with Gasteiger partial charge in [-0.1, -0.05) is 48.5 Å². The van der Waals surface area contributed by atoms with Crippen LogP contribution in [0.25, 0.3) is 21.1 Å². The Bertz CT molecular complexity index is 1370. The van der Waals surface area contributed by atoms with Gasteiger partial charge in [0, 0.05) is 22.7 Å². The predicted molar refractivity (Wildman–Crippen MR) is 134 cm³/mol. The number of thiophene rings is 1. The average Bonchev–Trinajstić information content (AvgIpc) is 3.60. The van der Waals surface area contributed by atoms with Crippen molar-refractivity contribution in [1.82, 2.24) is 14.8 Å². The van der Waals surface area contributed by atoms with Gasteiger partial charge in [0.15, 0.2) is 0 Å². The Morgan fingerprint density at radius 1 is 1.00 bits per heavy atom. The maximum Gasteiger partial charge on any atom is 0.307 e. The van der Waals surface area contributed by atoms with Gasteiger partial charge in [-0.3, -0.25) is 9.48 Å². The number of hydrogen-bond donors (Lipinski definition) is 1. The van der Waals surface area contributed by atoms with E-state index in [4.69, 9.17) is 4.74 Å². The van der Waals surface area contributed by atoms with Gasteiger partial charge in [-0.25, -0.2) is 4.98 Å². The Hall–Kier alpha value is -3.75. The molecule has 0 aliphatic carbocycles. The first-order chi connectivity index (χ1) is 16.6.